The quantitative estimate of drug-likeness (QED) is 0.227. The molecule has 5 nitrogen and oxygen atoms in total. The van der Waals surface area contributed by atoms with Gasteiger partial charge in [0.15, 0.2) is 5.78 Å². The SMILES string of the molecule is CCCc1cccc(C)c1/C(=C/c1cnc(Nc2ccc(C(C)CCCC3CCC3)nc2)nc1CC)C(C)=O. The van der Waals surface area contributed by atoms with Gasteiger partial charge in [-0.15, -0.1) is 0 Å². The molecule has 1 aromatic carbocycles. The van der Waals surface area contributed by atoms with Crippen molar-refractivity contribution in [1.82, 2.24) is 15.0 Å². The molecule has 0 saturated heterocycles. The summed E-state index contributed by atoms with van der Waals surface area (Å²) < 4.78 is 0. The molecule has 0 bridgehead atoms. The molecular weight excluding hydrogens is 480 g/mol. The van der Waals surface area contributed by atoms with Crippen LogP contribution in [0.5, 0.6) is 0 Å². The van der Waals surface area contributed by atoms with Crippen molar-refractivity contribution < 1.29 is 4.79 Å². The van der Waals surface area contributed by atoms with Gasteiger partial charge < -0.3 is 5.32 Å². The van der Waals surface area contributed by atoms with Gasteiger partial charge in [0.25, 0.3) is 0 Å². The van der Waals surface area contributed by atoms with Crippen LogP contribution in [0, 0.1) is 12.8 Å². The molecule has 1 atom stereocenters. The lowest BCUT2D eigenvalue weighted by Gasteiger charge is -2.25. The van der Waals surface area contributed by atoms with Crippen molar-refractivity contribution in [3.8, 4) is 0 Å². The smallest absolute Gasteiger partial charge is 0.227 e. The predicted octanol–water partition coefficient (Wildman–Crippen LogP) is 8.64. The summed E-state index contributed by atoms with van der Waals surface area (Å²) in [6, 6.07) is 10.5. The van der Waals surface area contributed by atoms with Crippen molar-refractivity contribution >= 4 is 29.1 Å². The van der Waals surface area contributed by atoms with Gasteiger partial charge in [-0.05, 0) is 79.8 Å². The zero-order valence-corrected chi connectivity index (χ0v) is 24.4. The average molecular weight is 525 g/mol. The Kier molecular flexibility index (Phi) is 10.0. The van der Waals surface area contributed by atoms with E-state index in [0.717, 1.165) is 64.5 Å². The molecule has 39 heavy (non-hydrogen) atoms. The van der Waals surface area contributed by atoms with Crippen molar-refractivity contribution in [1.29, 1.82) is 0 Å². The van der Waals surface area contributed by atoms with E-state index < -0.39 is 0 Å². The largest absolute Gasteiger partial charge is 0.323 e. The minimum atomic E-state index is 0.0503. The molecule has 1 aliphatic rings. The standard InChI is InChI=1S/C34H44N4O/c1-6-11-27-17-9-13-24(4)33(27)30(25(5)39)20-28-21-36-34(38-31(28)7-2)37-29-18-19-32(35-22-29)23(3)12-8-14-26-15-10-16-26/h9,13,17-23,26H,6-8,10-12,14-16H2,1-5H3,(H,36,37,38)/b30-20+. The topological polar surface area (TPSA) is 67.8 Å². The molecule has 4 rings (SSSR count). The first-order chi connectivity index (χ1) is 18.9. The second-order valence-corrected chi connectivity index (χ2v) is 11.1. The number of anilines is 2. The van der Waals surface area contributed by atoms with Gasteiger partial charge in [0.2, 0.25) is 5.95 Å². The molecule has 206 valence electrons. The maximum Gasteiger partial charge on any atom is 0.227 e. The number of aromatic nitrogens is 3. The van der Waals surface area contributed by atoms with Crippen LogP contribution in [0.1, 0.15) is 112 Å². The van der Waals surface area contributed by atoms with E-state index in [1.54, 1.807) is 6.92 Å². The van der Waals surface area contributed by atoms with Crippen LogP contribution in [-0.2, 0) is 17.6 Å². The molecule has 0 spiro atoms. The highest BCUT2D eigenvalue weighted by atomic mass is 16.1. The molecule has 0 amide bonds. The van der Waals surface area contributed by atoms with Crippen LogP contribution in [-0.4, -0.2) is 20.7 Å². The highest BCUT2D eigenvalue weighted by Crippen LogP contribution is 2.33. The van der Waals surface area contributed by atoms with Gasteiger partial charge in [-0.2, -0.15) is 0 Å². The Morgan fingerprint density at radius 3 is 2.59 bits per heavy atom. The Morgan fingerprint density at radius 1 is 1.13 bits per heavy atom. The van der Waals surface area contributed by atoms with Crippen LogP contribution in [0.25, 0.3) is 11.6 Å². The summed E-state index contributed by atoms with van der Waals surface area (Å²) in [6.07, 6.45) is 16.5. The van der Waals surface area contributed by atoms with Gasteiger partial charge >= 0.3 is 0 Å². The summed E-state index contributed by atoms with van der Waals surface area (Å²) in [5, 5.41) is 3.32. The molecular formula is C34H44N4O. The zero-order valence-electron chi connectivity index (χ0n) is 24.4. The lowest BCUT2D eigenvalue weighted by Crippen LogP contribution is -2.10. The third-order valence-electron chi connectivity index (χ3n) is 8.08. The van der Waals surface area contributed by atoms with Crippen molar-refractivity contribution in [2.24, 2.45) is 5.92 Å². The number of hydrogen-bond donors (Lipinski definition) is 1. The van der Waals surface area contributed by atoms with E-state index in [9.17, 15) is 4.79 Å². The van der Waals surface area contributed by atoms with Crippen LogP contribution in [0.2, 0.25) is 0 Å². The van der Waals surface area contributed by atoms with Crippen LogP contribution in [0.15, 0.2) is 42.7 Å². The average Bonchev–Trinajstić information content (AvgIpc) is 2.90. The predicted molar refractivity (Wildman–Crippen MR) is 162 cm³/mol. The number of ketones is 1. The number of benzene rings is 1. The Balaban J connectivity index is 1.49. The van der Waals surface area contributed by atoms with Gasteiger partial charge in [-0.1, -0.05) is 77.5 Å². The van der Waals surface area contributed by atoms with E-state index in [2.05, 4.69) is 68.3 Å². The summed E-state index contributed by atoms with van der Waals surface area (Å²) in [7, 11) is 0. The van der Waals surface area contributed by atoms with Crippen LogP contribution < -0.4 is 5.32 Å². The minimum absolute atomic E-state index is 0.0503. The second-order valence-electron chi connectivity index (χ2n) is 11.1. The first kappa shape index (κ1) is 28.7. The zero-order chi connectivity index (χ0) is 27.8. The van der Waals surface area contributed by atoms with E-state index in [1.807, 2.05) is 18.5 Å². The number of carbonyl (C=O) groups is 1. The van der Waals surface area contributed by atoms with Crippen molar-refractivity contribution in [2.45, 2.75) is 98.3 Å². The Morgan fingerprint density at radius 2 is 1.95 bits per heavy atom. The van der Waals surface area contributed by atoms with E-state index in [1.165, 1.54) is 44.1 Å². The van der Waals surface area contributed by atoms with Gasteiger partial charge in [0.05, 0.1) is 17.6 Å². The summed E-state index contributed by atoms with van der Waals surface area (Å²) in [5.74, 6) is 2.03. The first-order valence-electron chi connectivity index (χ1n) is 14.8. The molecule has 0 radical (unpaired) electrons. The monoisotopic (exact) mass is 524 g/mol. The number of allylic oxidation sites excluding steroid dienone is 1. The number of rotatable bonds is 13. The van der Waals surface area contributed by atoms with Gasteiger partial charge in [0.1, 0.15) is 0 Å². The minimum Gasteiger partial charge on any atom is -0.323 e. The maximum atomic E-state index is 12.8. The number of aryl methyl sites for hydroxylation is 3. The number of hydrogen-bond acceptors (Lipinski definition) is 5. The van der Waals surface area contributed by atoms with Crippen molar-refractivity contribution in [3.63, 3.8) is 0 Å². The summed E-state index contributed by atoms with van der Waals surface area (Å²) in [5.41, 5.74) is 7.88. The number of Topliss-reactive ketones (excluding diaryl/α,β-unsaturated/α-hetero) is 1. The Hall–Kier alpha value is -3.34. The molecule has 3 aromatic rings. The number of nitrogens with one attached hydrogen (secondary N) is 1. The van der Waals surface area contributed by atoms with E-state index in [-0.39, 0.29) is 5.78 Å². The number of pyridine rings is 1. The van der Waals surface area contributed by atoms with Gasteiger partial charge in [-0.3, -0.25) is 9.78 Å². The molecule has 1 fully saturated rings. The van der Waals surface area contributed by atoms with Crippen LogP contribution >= 0.6 is 0 Å². The van der Waals surface area contributed by atoms with Gasteiger partial charge in [0, 0.05) is 23.0 Å². The summed E-state index contributed by atoms with van der Waals surface area (Å²) >= 11 is 0. The maximum absolute atomic E-state index is 12.8. The van der Waals surface area contributed by atoms with Crippen molar-refractivity contribution in [3.05, 3.63) is 76.4 Å². The molecule has 2 heterocycles. The second kappa shape index (κ2) is 13.6. The molecule has 1 N–H and O–H groups in total. The van der Waals surface area contributed by atoms with E-state index >= 15 is 0 Å². The molecule has 1 unspecified atom stereocenters. The molecule has 0 aliphatic heterocycles. The third kappa shape index (κ3) is 7.40. The third-order valence-corrected chi connectivity index (χ3v) is 8.08. The fraction of sp³-hybridized carbons (Fsp3) is 0.471. The van der Waals surface area contributed by atoms with Crippen LogP contribution in [0.3, 0.4) is 0 Å². The molecule has 1 saturated carbocycles. The van der Waals surface area contributed by atoms with Gasteiger partial charge in [-0.25, -0.2) is 9.97 Å². The Bertz CT molecular complexity index is 1290. The highest BCUT2D eigenvalue weighted by Gasteiger charge is 2.18. The summed E-state index contributed by atoms with van der Waals surface area (Å²) in [6.45, 7) is 10.2. The summed E-state index contributed by atoms with van der Waals surface area (Å²) in [4.78, 5) is 26.9. The number of nitrogens with zero attached hydrogens (tertiary/aromatic N) is 3. The fourth-order valence-corrected chi connectivity index (χ4v) is 5.53. The molecule has 5 heteroatoms. The van der Waals surface area contributed by atoms with E-state index in [4.69, 9.17) is 9.97 Å². The lowest BCUT2D eigenvalue weighted by atomic mass is 9.81. The van der Waals surface area contributed by atoms with Crippen molar-refractivity contribution in [2.75, 3.05) is 5.32 Å². The fourth-order valence-electron chi connectivity index (χ4n) is 5.53. The van der Waals surface area contributed by atoms with Crippen LogP contribution in [0.4, 0.5) is 11.6 Å². The lowest BCUT2D eigenvalue weighted by molar-refractivity contribution is -0.111. The first-order valence-corrected chi connectivity index (χ1v) is 14.8. The molecule has 1 aliphatic carbocycles. The number of carbonyl (C=O) groups excluding carboxylic acids is 1. The highest BCUT2D eigenvalue weighted by molar-refractivity contribution is 6.25. The Labute approximate surface area is 234 Å². The normalized spacial score (nSPS) is 14.6. The molecule has 2 aromatic heterocycles. The van der Waals surface area contributed by atoms with E-state index in [0.29, 0.717) is 11.9 Å².